The summed E-state index contributed by atoms with van der Waals surface area (Å²) in [6.45, 7) is 2.49. The molecule has 2 saturated carbocycles. The van der Waals surface area contributed by atoms with Gasteiger partial charge in [0.2, 0.25) is 0 Å². The first-order chi connectivity index (χ1) is 12.0. The number of fused-ring (bicyclic) bond motifs is 5. The minimum Gasteiger partial charge on any atom is -0.497 e. The van der Waals surface area contributed by atoms with Gasteiger partial charge in [0.05, 0.1) is 12.6 Å². The highest BCUT2D eigenvalue weighted by molar-refractivity contribution is 5.41. The molecule has 2 heteroatoms. The fourth-order valence-electron chi connectivity index (χ4n) is 6.80. The van der Waals surface area contributed by atoms with Crippen LogP contribution in [0.2, 0.25) is 0 Å². The van der Waals surface area contributed by atoms with Crippen molar-refractivity contribution in [1.82, 2.24) is 4.90 Å². The van der Waals surface area contributed by atoms with Gasteiger partial charge in [-0.15, -0.1) is 6.42 Å². The van der Waals surface area contributed by atoms with Crippen LogP contribution in [-0.2, 0) is 6.42 Å². The summed E-state index contributed by atoms with van der Waals surface area (Å²) in [6.07, 6.45) is 13.6. The molecule has 5 atom stereocenters. The van der Waals surface area contributed by atoms with Gasteiger partial charge in [-0.3, -0.25) is 4.90 Å². The molecule has 0 bridgehead atoms. The molecule has 0 N–H and O–H groups in total. The maximum absolute atomic E-state index is 6.13. The number of hydrogen-bond acceptors (Lipinski definition) is 2. The Kier molecular flexibility index (Phi) is 3.92. The molecule has 1 aromatic rings. The van der Waals surface area contributed by atoms with Crippen molar-refractivity contribution in [3.63, 3.8) is 0 Å². The first kappa shape index (κ1) is 17.0. The SMILES string of the molecule is C#CC1(N(C)C)CCC2C3CCc4cc(OC)ccc4C3CCC21C. The summed E-state index contributed by atoms with van der Waals surface area (Å²) in [5.41, 5.74) is 3.28. The molecule has 0 heterocycles. The molecule has 2 fully saturated rings. The fraction of sp³-hybridized carbons (Fsp3) is 0.652. The number of aryl methyl sites for hydroxylation is 1. The van der Waals surface area contributed by atoms with E-state index >= 15 is 0 Å². The van der Waals surface area contributed by atoms with Gasteiger partial charge in [-0.25, -0.2) is 0 Å². The Morgan fingerprint density at radius 3 is 2.68 bits per heavy atom. The van der Waals surface area contributed by atoms with Crippen molar-refractivity contribution >= 4 is 0 Å². The maximum atomic E-state index is 6.13. The number of nitrogens with zero attached hydrogens (tertiary/aromatic N) is 1. The average molecular weight is 338 g/mol. The largest absolute Gasteiger partial charge is 0.497 e. The highest BCUT2D eigenvalue weighted by Gasteiger charge is 2.62. The zero-order valence-corrected chi connectivity index (χ0v) is 16.1. The van der Waals surface area contributed by atoms with Gasteiger partial charge >= 0.3 is 0 Å². The first-order valence-corrected chi connectivity index (χ1v) is 9.79. The number of methoxy groups -OCH3 is 1. The second-order valence-corrected chi connectivity index (χ2v) is 8.87. The van der Waals surface area contributed by atoms with Crippen molar-refractivity contribution in [3.05, 3.63) is 29.3 Å². The number of benzene rings is 1. The molecule has 5 unspecified atom stereocenters. The summed E-state index contributed by atoms with van der Waals surface area (Å²) in [5, 5.41) is 0. The van der Waals surface area contributed by atoms with E-state index in [0.29, 0.717) is 5.92 Å². The van der Waals surface area contributed by atoms with Crippen LogP contribution in [0.1, 0.15) is 56.1 Å². The van der Waals surface area contributed by atoms with E-state index in [1.54, 1.807) is 12.7 Å². The van der Waals surface area contributed by atoms with Gasteiger partial charge < -0.3 is 4.74 Å². The van der Waals surface area contributed by atoms with Crippen molar-refractivity contribution in [1.29, 1.82) is 0 Å². The molecule has 0 aliphatic heterocycles. The van der Waals surface area contributed by atoms with Gasteiger partial charge in [-0.2, -0.15) is 0 Å². The third-order valence-electron chi connectivity index (χ3n) is 8.09. The highest BCUT2D eigenvalue weighted by atomic mass is 16.5. The van der Waals surface area contributed by atoms with Crippen LogP contribution in [0.15, 0.2) is 18.2 Å². The predicted molar refractivity (Wildman–Crippen MR) is 103 cm³/mol. The van der Waals surface area contributed by atoms with Crippen molar-refractivity contribution in [2.45, 2.75) is 56.9 Å². The minimum atomic E-state index is -0.0666. The third-order valence-corrected chi connectivity index (χ3v) is 8.09. The van der Waals surface area contributed by atoms with E-state index in [1.165, 1.54) is 37.7 Å². The zero-order chi connectivity index (χ0) is 17.8. The number of hydrogen-bond donors (Lipinski definition) is 0. The molecule has 2 nitrogen and oxygen atoms in total. The zero-order valence-electron chi connectivity index (χ0n) is 16.1. The van der Waals surface area contributed by atoms with Gasteiger partial charge in [-0.05, 0) is 93.6 Å². The first-order valence-electron chi connectivity index (χ1n) is 9.79. The molecular formula is C23H31NO. The Morgan fingerprint density at radius 2 is 2.00 bits per heavy atom. The summed E-state index contributed by atoms with van der Waals surface area (Å²) in [7, 11) is 6.13. The van der Waals surface area contributed by atoms with Gasteiger partial charge in [-0.1, -0.05) is 18.9 Å². The monoisotopic (exact) mass is 337 g/mol. The molecule has 134 valence electrons. The lowest BCUT2D eigenvalue weighted by Crippen LogP contribution is -2.57. The molecular weight excluding hydrogens is 306 g/mol. The Bertz CT molecular complexity index is 717. The number of ether oxygens (including phenoxy) is 1. The lowest BCUT2D eigenvalue weighted by molar-refractivity contribution is -0.0162. The van der Waals surface area contributed by atoms with Gasteiger partial charge in [0.25, 0.3) is 0 Å². The average Bonchev–Trinajstić information content (AvgIpc) is 2.94. The Labute approximate surface area is 152 Å². The Balaban J connectivity index is 1.70. The Hall–Kier alpha value is -1.46. The van der Waals surface area contributed by atoms with Gasteiger partial charge in [0.1, 0.15) is 5.75 Å². The van der Waals surface area contributed by atoms with Crippen molar-refractivity contribution < 1.29 is 4.74 Å². The lowest BCUT2D eigenvalue weighted by Gasteiger charge is -2.55. The second kappa shape index (κ2) is 5.78. The lowest BCUT2D eigenvalue weighted by atomic mass is 9.52. The van der Waals surface area contributed by atoms with E-state index in [0.717, 1.165) is 24.0 Å². The van der Waals surface area contributed by atoms with Crippen LogP contribution in [0.5, 0.6) is 5.75 Å². The summed E-state index contributed by atoms with van der Waals surface area (Å²) >= 11 is 0. The molecule has 3 aliphatic carbocycles. The molecule has 0 amide bonds. The van der Waals surface area contributed by atoms with E-state index in [-0.39, 0.29) is 11.0 Å². The maximum Gasteiger partial charge on any atom is 0.119 e. The molecule has 0 aromatic heterocycles. The molecule has 1 aromatic carbocycles. The molecule has 4 rings (SSSR count). The van der Waals surface area contributed by atoms with Crippen LogP contribution >= 0.6 is 0 Å². The normalized spacial score (nSPS) is 39.3. The minimum absolute atomic E-state index is 0.0666. The van der Waals surface area contributed by atoms with Crippen molar-refractivity contribution in [2.24, 2.45) is 17.3 Å². The van der Waals surface area contributed by atoms with E-state index in [1.807, 2.05) is 0 Å². The predicted octanol–water partition coefficient (Wildman–Crippen LogP) is 4.48. The van der Waals surface area contributed by atoms with E-state index < -0.39 is 0 Å². The number of terminal acetylenes is 1. The second-order valence-electron chi connectivity index (χ2n) is 8.87. The van der Waals surface area contributed by atoms with E-state index in [2.05, 4.69) is 50.0 Å². The van der Waals surface area contributed by atoms with Crippen molar-refractivity contribution in [2.75, 3.05) is 21.2 Å². The summed E-state index contributed by atoms with van der Waals surface area (Å²) in [4.78, 5) is 2.34. The smallest absolute Gasteiger partial charge is 0.119 e. The standard InChI is InChI=1S/C23H31NO/c1-6-23(24(3)4)14-12-21-20-9-7-16-15-17(25-5)8-10-18(16)19(20)11-13-22(21,23)2/h1,8,10,15,19-21H,7,9,11-14H2,2-5H3. The van der Waals surface area contributed by atoms with Crippen LogP contribution in [0.3, 0.4) is 0 Å². The Morgan fingerprint density at radius 1 is 1.20 bits per heavy atom. The molecule has 0 saturated heterocycles. The van der Waals surface area contributed by atoms with Gasteiger partial charge in [0.15, 0.2) is 0 Å². The van der Waals surface area contributed by atoms with Gasteiger partial charge in [0, 0.05) is 5.41 Å². The molecule has 0 radical (unpaired) electrons. The molecule has 3 aliphatic rings. The van der Waals surface area contributed by atoms with Crippen molar-refractivity contribution in [3.8, 4) is 18.1 Å². The summed E-state index contributed by atoms with van der Waals surface area (Å²) in [5.74, 6) is 6.50. The number of rotatable bonds is 2. The van der Waals surface area contributed by atoms with E-state index in [9.17, 15) is 0 Å². The highest BCUT2D eigenvalue weighted by Crippen LogP contribution is 2.65. The van der Waals surface area contributed by atoms with E-state index in [4.69, 9.17) is 11.2 Å². The molecule has 0 spiro atoms. The van der Waals surface area contributed by atoms with Crippen LogP contribution < -0.4 is 4.74 Å². The van der Waals surface area contributed by atoms with Crippen LogP contribution in [0.25, 0.3) is 0 Å². The van der Waals surface area contributed by atoms with Crippen LogP contribution in [0.4, 0.5) is 0 Å². The summed E-state index contributed by atoms with van der Waals surface area (Å²) in [6, 6.07) is 6.75. The fourth-order valence-corrected chi connectivity index (χ4v) is 6.80. The third kappa shape index (κ3) is 2.15. The quantitative estimate of drug-likeness (QED) is 0.738. The summed E-state index contributed by atoms with van der Waals surface area (Å²) < 4.78 is 5.44. The van der Waals surface area contributed by atoms with Crippen LogP contribution in [-0.4, -0.2) is 31.6 Å². The topological polar surface area (TPSA) is 12.5 Å². The van der Waals surface area contributed by atoms with Crippen LogP contribution in [0, 0.1) is 29.6 Å². The molecule has 25 heavy (non-hydrogen) atoms.